The van der Waals surface area contributed by atoms with E-state index >= 15 is 0 Å². The highest BCUT2D eigenvalue weighted by molar-refractivity contribution is 6.33. The molecule has 0 amide bonds. The Balaban J connectivity index is 1.86. The van der Waals surface area contributed by atoms with Crippen LogP contribution in [0.1, 0.15) is 18.7 Å². The second-order valence-corrected chi connectivity index (χ2v) is 5.08. The highest BCUT2D eigenvalue weighted by Crippen LogP contribution is 2.29. The van der Waals surface area contributed by atoms with Crippen molar-refractivity contribution in [2.45, 2.75) is 13.0 Å². The van der Waals surface area contributed by atoms with Crippen LogP contribution in [0, 0.1) is 5.82 Å². The molecule has 0 spiro atoms. The second kappa shape index (κ2) is 5.17. The van der Waals surface area contributed by atoms with Crippen LogP contribution in [-0.4, -0.2) is 0 Å². The van der Waals surface area contributed by atoms with Crippen LogP contribution in [0.2, 0.25) is 5.02 Å². The molecular formula is C16H13ClFNO. The molecule has 0 radical (unpaired) electrons. The van der Waals surface area contributed by atoms with Crippen molar-refractivity contribution in [3.63, 3.8) is 0 Å². The summed E-state index contributed by atoms with van der Waals surface area (Å²) >= 11 is 6.01. The monoisotopic (exact) mass is 289 g/mol. The zero-order chi connectivity index (χ0) is 14.1. The topological polar surface area (TPSA) is 25.2 Å². The average Bonchev–Trinajstić information content (AvgIpc) is 2.86. The SMILES string of the molecule is CC(Nc1ccc(F)cc1Cl)c1cc2ccccc2o1. The highest BCUT2D eigenvalue weighted by Gasteiger charge is 2.12. The number of halogens is 2. The Morgan fingerprint density at radius 3 is 2.70 bits per heavy atom. The predicted octanol–water partition coefficient (Wildman–Crippen LogP) is 5.40. The Labute approximate surface area is 121 Å². The summed E-state index contributed by atoms with van der Waals surface area (Å²) in [5.41, 5.74) is 1.53. The van der Waals surface area contributed by atoms with Crippen LogP contribution in [0.5, 0.6) is 0 Å². The number of para-hydroxylation sites is 1. The maximum atomic E-state index is 13.0. The van der Waals surface area contributed by atoms with E-state index in [1.54, 1.807) is 6.07 Å². The van der Waals surface area contributed by atoms with Crippen molar-refractivity contribution < 1.29 is 8.81 Å². The summed E-state index contributed by atoms with van der Waals surface area (Å²) in [7, 11) is 0. The number of rotatable bonds is 3. The molecule has 3 aromatic rings. The van der Waals surface area contributed by atoms with E-state index in [-0.39, 0.29) is 11.9 Å². The number of benzene rings is 2. The van der Waals surface area contributed by atoms with Gasteiger partial charge in [0.05, 0.1) is 16.8 Å². The van der Waals surface area contributed by atoms with Gasteiger partial charge in [-0.05, 0) is 37.3 Å². The van der Waals surface area contributed by atoms with Crippen LogP contribution < -0.4 is 5.32 Å². The molecule has 1 unspecified atom stereocenters. The molecule has 0 saturated heterocycles. The summed E-state index contributed by atoms with van der Waals surface area (Å²) in [6.07, 6.45) is 0. The molecule has 0 aliphatic heterocycles. The van der Waals surface area contributed by atoms with Crippen LogP contribution in [0.4, 0.5) is 10.1 Å². The number of furan rings is 1. The molecule has 0 saturated carbocycles. The maximum Gasteiger partial charge on any atom is 0.134 e. The van der Waals surface area contributed by atoms with E-state index in [1.807, 2.05) is 37.3 Å². The molecule has 1 aromatic heterocycles. The van der Waals surface area contributed by atoms with E-state index < -0.39 is 0 Å². The highest BCUT2D eigenvalue weighted by atomic mass is 35.5. The standard InChI is InChI=1S/C16H13ClFNO/c1-10(19-14-7-6-12(18)9-13(14)17)16-8-11-4-2-3-5-15(11)20-16/h2-10,19H,1H3. The fourth-order valence-corrected chi connectivity index (χ4v) is 2.35. The van der Waals surface area contributed by atoms with Gasteiger partial charge in [-0.3, -0.25) is 0 Å². The molecule has 0 bridgehead atoms. The molecule has 2 aromatic carbocycles. The fraction of sp³-hybridized carbons (Fsp3) is 0.125. The molecule has 102 valence electrons. The smallest absolute Gasteiger partial charge is 0.134 e. The van der Waals surface area contributed by atoms with Crippen molar-refractivity contribution in [2.24, 2.45) is 0 Å². The van der Waals surface area contributed by atoms with E-state index in [2.05, 4.69) is 5.32 Å². The molecule has 0 fully saturated rings. The summed E-state index contributed by atoms with van der Waals surface area (Å²) in [5, 5.41) is 4.63. The molecule has 0 aliphatic carbocycles. The lowest BCUT2D eigenvalue weighted by Gasteiger charge is -2.14. The van der Waals surface area contributed by atoms with Gasteiger partial charge < -0.3 is 9.73 Å². The van der Waals surface area contributed by atoms with Crippen LogP contribution in [0.25, 0.3) is 11.0 Å². The first-order valence-corrected chi connectivity index (χ1v) is 6.71. The third-order valence-electron chi connectivity index (χ3n) is 3.17. The van der Waals surface area contributed by atoms with Crippen LogP contribution in [-0.2, 0) is 0 Å². The lowest BCUT2D eigenvalue weighted by Crippen LogP contribution is -2.05. The first kappa shape index (κ1) is 13.0. The van der Waals surface area contributed by atoms with Gasteiger partial charge >= 0.3 is 0 Å². The lowest BCUT2D eigenvalue weighted by molar-refractivity contribution is 0.526. The molecule has 2 nitrogen and oxygen atoms in total. The Hall–Kier alpha value is -2.00. The normalized spacial score (nSPS) is 12.6. The van der Waals surface area contributed by atoms with Gasteiger partial charge in [-0.2, -0.15) is 0 Å². The zero-order valence-corrected chi connectivity index (χ0v) is 11.6. The predicted molar refractivity (Wildman–Crippen MR) is 79.7 cm³/mol. The lowest BCUT2D eigenvalue weighted by atomic mass is 10.2. The third-order valence-corrected chi connectivity index (χ3v) is 3.49. The molecule has 1 atom stereocenters. The molecule has 3 rings (SSSR count). The number of fused-ring (bicyclic) bond motifs is 1. The van der Waals surface area contributed by atoms with Crippen molar-refractivity contribution in [1.82, 2.24) is 0 Å². The summed E-state index contributed by atoms with van der Waals surface area (Å²) in [5.74, 6) is 0.462. The van der Waals surface area contributed by atoms with Gasteiger partial charge in [-0.25, -0.2) is 4.39 Å². The van der Waals surface area contributed by atoms with Gasteiger partial charge in [0.2, 0.25) is 0 Å². The quantitative estimate of drug-likeness (QED) is 0.698. The van der Waals surface area contributed by atoms with Crippen LogP contribution >= 0.6 is 11.6 Å². The zero-order valence-electron chi connectivity index (χ0n) is 10.9. The maximum absolute atomic E-state index is 13.0. The third kappa shape index (κ3) is 2.49. The van der Waals surface area contributed by atoms with E-state index in [0.717, 1.165) is 16.7 Å². The summed E-state index contributed by atoms with van der Waals surface area (Å²) in [4.78, 5) is 0. The molecule has 20 heavy (non-hydrogen) atoms. The number of nitrogens with one attached hydrogen (secondary N) is 1. The van der Waals surface area contributed by atoms with E-state index in [9.17, 15) is 4.39 Å². The molecule has 0 aliphatic rings. The van der Waals surface area contributed by atoms with Crippen molar-refractivity contribution in [2.75, 3.05) is 5.32 Å². The fourth-order valence-electron chi connectivity index (χ4n) is 2.13. The van der Waals surface area contributed by atoms with Crippen LogP contribution in [0.15, 0.2) is 52.9 Å². The van der Waals surface area contributed by atoms with E-state index in [0.29, 0.717) is 10.7 Å². The van der Waals surface area contributed by atoms with E-state index in [1.165, 1.54) is 12.1 Å². The van der Waals surface area contributed by atoms with Gasteiger partial charge in [-0.15, -0.1) is 0 Å². The minimum Gasteiger partial charge on any atom is -0.459 e. The Bertz CT molecular complexity index is 720. The van der Waals surface area contributed by atoms with Gasteiger partial charge in [0.15, 0.2) is 0 Å². The number of anilines is 1. The minimum atomic E-state index is -0.350. The number of hydrogen-bond donors (Lipinski definition) is 1. The van der Waals surface area contributed by atoms with Gasteiger partial charge in [0.25, 0.3) is 0 Å². The Kier molecular flexibility index (Phi) is 3.36. The molecular weight excluding hydrogens is 277 g/mol. The van der Waals surface area contributed by atoms with Gasteiger partial charge in [-0.1, -0.05) is 29.8 Å². The van der Waals surface area contributed by atoms with Crippen molar-refractivity contribution >= 4 is 28.3 Å². The van der Waals surface area contributed by atoms with Crippen molar-refractivity contribution in [1.29, 1.82) is 0 Å². The van der Waals surface area contributed by atoms with E-state index in [4.69, 9.17) is 16.0 Å². The van der Waals surface area contributed by atoms with Gasteiger partial charge in [0, 0.05) is 5.39 Å². The second-order valence-electron chi connectivity index (χ2n) is 4.68. The molecule has 4 heteroatoms. The largest absolute Gasteiger partial charge is 0.459 e. The summed E-state index contributed by atoms with van der Waals surface area (Å²) < 4.78 is 18.8. The average molecular weight is 290 g/mol. The molecule has 1 N–H and O–H groups in total. The summed E-state index contributed by atoms with van der Waals surface area (Å²) in [6, 6.07) is 14.0. The van der Waals surface area contributed by atoms with Gasteiger partial charge in [0.1, 0.15) is 17.2 Å². The Morgan fingerprint density at radius 2 is 1.95 bits per heavy atom. The first-order chi connectivity index (χ1) is 9.63. The summed E-state index contributed by atoms with van der Waals surface area (Å²) in [6.45, 7) is 1.97. The Morgan fingerprint density at radius 1 is 1.15 bits per heavy atom. The number of hydrogen-bond acceptors (Lipinski definition) is 2. The van der Waals surface area contributed by atoms with Crippen LogP contribution in [0.3, 0.4) is 0 Å². The van der Waals surface area contributed by atoms with Crippen molar-refractivity contribution in [3.8, 4) is 0 Å². The molecule has 1 heterocycles. The first-order valence-electron chi connectivity index (χ1n) is 6.33. The van der Waals surface area contributed by atoms with Crippen molar-refractivity contribution in [3.05, 3.63) is 65.1 Å². The minimum absolute atomic E-state index is 0.0645.